The van der Waals surface area contributed by atoms with Crippen molar-refractivity contribution in [1.82, 2.24) is 9.97 Å². The van der Waals surface area contributed by atoms with E-state index in [0.717, 1.165) is 47.2 Å². The fraction of sp³-hybridized carbons (Fsp3) is 0.464. The van der Waals surface area contributed by atoms with E-state index in [1.165, 1.54) is 12.3 Å². The van der Waals surface area contributed by atoms with E-state index < -0.39 is 5.79 Å². The lowest BCUT2D eigenvalue weighted by Gasteiger charge is -2.54. The van der Waals surface area contributed by atoms with Crippen molar-refractivity contribution < 1.29 is 18.6 Å². The van der Waals surface area contributed by atoms with Crippen molar-refractivity contribution in [2.45, 2.75) is 57.7 Å². The summed E-state index contributed by atoms with van der Waals surface area (Å²) >= 11 is 0. The van der Waals surface area contributed by atoms with Crippen LogP contribution in [-0.2, 0) is 21.3 Å². The Labute approximate surface area is 204 Å². The smallest absolute Gasteiger partial charge is 0.190 e. The van der Waals surface area contributed by atoms with E-state index in [-0.39, 0.29) is 17.2 Å². The third-order valence-electron chi connectivity index (χ3n) is 8.63. The Hall–Kier alpha value is -2.90. The van der Waals surface area contributed by atoms with Gasteiger partial charge in [-0.15, -0.1) is 0 Å². The number of hydrogen-bond donors (Lipinski definition) is 0. The number of halogens is 1. The molecule has 3 heterocycles. The van der Waals surface area contributed by atoms with Crippen LogP contribution in [-0.4, -0.2) is 29.0 Å². The number of fused-ring (bicyclic) bond motifs is 3. The Morgan fingerprint density at radius 1 is 1.11 bits per heavy atom. The molecule has 2 aromatic heterocycles. The highest BCUT2D eigenvalue weighted by molar-refractivity contribution is 5.69. The van der Waals surface area contributed by atoms with E-state index in [0.29, 0.717) is 41.9 Å². The largest absolute Gasteiger partial charge is 0.619 e. The Bertz CT molecular complexity index is 1310. The molecule has 182 valence electrons. The van der Waals surface area contributed by atoms with Crippen LogP contribution in [0.2, 0.25) is 0 Å². The molecule has 2 fully saturated rings. The molecule has 1 saturated carbocycles. The molecule has 0 radical (unpaired) electrons. The first-order valence-electron chi connectivity index (χ1n) is 12.5. The fourth-order valence-electron chi connectivity index (χ4n) is 6.69. The lowest BCUT2D eigenvalue weighted by atomic mass is 9.54. The van der Waals surface area contributed by atoms with Crippen LogP contribution < -0.4 is 4.73 Å². The monoisotopic (exact) mass is 475 g/mol. The van der Waals surface area contributed by atoms with E-state index in [1.54, 1.807) is 31.2 Å². The lowest BCUT2D eigenvalue weighted by molar-refractivity contribution is -0.612. The van der Waals surface area contributed by atoms with Crippen LogP contribution in [0.1, 0.15) is 50.1 Å². The van der Waals surface area contributed by atoms with Crippen molar-refractivity contribution in [3.63, 3.8) is 0 Å². The van der Waals surface area contributed by atoms with Crippen molar-refractivity contribution in [3.8, 4) is 22.6 Å². The summed E-state index contributed by atoms with van der Waals surface area (Å²) in [5.74, 6) is 0.250. The molecule has 0 unspecified atom stereocenters. The lowest BCUT2D eigenvalue weighted by Crippen LogP contribution is -2.55. The third kappa shape index (κ3) is 3.39. The average Bonchev–Trinajstić information content (AvgIpc) is 3.34. The van der Waals surface area contributed by atoms with Gasteiger partial charge >= 0.3 is 0 Å². The number of aromatic nitrogens is 3. The normalized spacial score (nSPS) is 27.0. The van der Waals surface area contributed by atoms with Gasteiger partial charge in [-0.25, -0.2) is 14.4 Å². The van der Waals surface area contributed by atoms with Gasteiger partial charge in [-0.05, 0) is 37.3 Å². The summed E-state index contributed by atoms with van der Waals surface area (Å²) in [5, 5.41) is 12.0. The predicted octanol–water partition coefficient (Wildman–Crippen LogP) is 4.88. The maximum Gasteiger partial charge on any atom is 0.190 e. The zero-order valence-corrected chi connectivity index (χ0v) is 20.4. The van der Waals surface area contributed by atoms with Gasteiger partial charge in [0, 0.05) is 53.5 Å². The van der Waals surface area contributed by atoms with E-state index in [9.17, 15) is 5.21 Å². The molecular formula is C28H30FN3O3. The summed E-state index contributed by atoms with van der Waals surface area (Å²) in [4.78, 5) is 10.1. The number of ether oxygens (including phenoxy) is 2. The minimum absolute atomic E-state index is 0.214. The van der Waals surface area contributed by atoms with Crippen molar-refractivity contribution in [3.05, 3.63) is 70.6 Å². The van der Waals surface area contributed by atoms with E-state index in [2.05, 4.69) is 13.8 Å². The number of rotatable bonds is 2. The molecular weight excluding hydrogens is 445 g/mol. The SMILES string of the molecule is Cc1cc(-c2nc(-c3ccccc3F)c3c(n2)[C@]2(C)CCC4(OCCO4)[C@H](C)[C@H]2CC3)cc[n+]1[O-]. The summed E-state index contributed by atoms with van der Waals surface area (Å²) in [6.45, 7) is 7.57. The predicted molar refractivity (Wildman–Crippen MR) is 129 cm³/mol. The highest BCUT2D eigenvalue weighted by atomic mass is 19.1. The van der Waals surface area contributed by atoms with E-state index >= 15 is 4.39 Å². The standard InChI is InChI=1S/C28H30FN3O3/c1-17-16-19(10-13-32(17)33)26-30-24(20-6-4-5-7-23(20)29)21-8-9-22-18(2)28(34-14-15-35-28)12-11-27(22,3)25(21)31-26/h4-7,10,13,16,18,22H,8-9,11-12,14-15H2,1-3H3/t18-,22-,27-/m1/s1. The van der Waals surface area contributed by atoms with Gasteiger partial charge in [-0.2, -0.15) is 4.73 Å². The Balaban J connectivity index is 1.55. The number of pyridine rings is 1. The Morgan fingerprint density at radius 2 is 1.89 bits per heavy atom. The molecule has 7 heteroatoms. The van der Waals surface area contributed by atoms with Gasteiger partial charge in [0.2, 0.25) is 0 Å². The minimum atomic E-state index is -0.510. The summed E-state index contributed by atoms with van der Waals surface area (Å²) in [5.41, 5.74) is 4.26. The topological polar surface area (TPSA) is 71.2 Å². The zero-order valence-electron chi connectivity index (χ0n) is 20.4. The molecule has 6 rings (SSSR count). The first-order valence-corrected chi connectivity index (χ1v) is 12.5. The molecule has 1 saturated heterocycles. The average molecular weight is 476 g/mol. The van der Waals surface area contributed by atoms with Crippen molar-refractivity contribution in [2.24, 2.45) is 11.8 Å². The summed E-state index contributed by atoms with van der Waals surface area (Å²) < 4.78 is 28.2. The minimum Gasteiger partial charge on any atom is -0.619 e. The molecule has 2 aliphatic carbocycles. The van der Waals surface area contributed by atoms with Crippen LogP contribution in [0.15, 0.2) is 42.6 Å². The molecule has 1 aromatic carbocycles. The van der Waals surface area contributed by atoms with Crippen molar-refractivity contribution in [2.75, 3.05) is 13.2 Å². The number of aryl methyl sites for hydroxylation is 1. The second-order valence-corrected chi connectivity index (χ2v) is 10.4. The van der Waals surface area contributed by atoms with Crippen LogP contribution in [0.5, 0.6) is 0 Å². The highest BCUT2D eigenvalue weighted by Gasteiger charge is 2.57. The number of hydrogen-bond acceptors (Lipinski definition) is 5. The summed E-state index contributed by atoms with van der Waals surface area (Å²) in [6.07, 6.45) is 4.87. The molecule has 3 atom stereocenters. The van der Waals surface area contributed by atoms with Crippen molar-refractivity contribution >= 4 is 0 Å². The van der Waals surface area contributed by atoms with E-state index in [4.69, 9.17) is 19.4 Å². The number of benzene rings is 1. The van der Waals surface area contributed by atoms with Gasteiger partial charge in [0.05, 0.1) is 24.6 Å². The molecule has 3 aliphatic rings. The molecule has 0 amide bonds. The molecule has 3 aromatic rings. The molecule has 0 N–H and O–H groups in total. The molecule has 6 nitrogen and oxygen atoms in total. The van der Waals surface area contributed by atoms with E-state index in [1.807, 2.05) is 6.07 Å². The maximum atomic E-state index is 15.0. The van der Waals surface area contributed by atoms with Crippen LogP contribution in [0.4, 0.5) is 4.39 Å². The quantitative estimate of drug-likeness (QED) is 0.390. The van der Waals surface area contributed by atoms with Gasteiger partial charge in [0.1, 0.15) is 5.82 Å². The molecule has 35 heavy (non-hydrogen) atoms. The zero-order chi connectivity index (χ0) is 24.4. The summed E-state index contributed by atoms with van der Waals surface area (Å²) in [7, 11) is 0. The molecule has 1 spiro atoms. The first-order chi connectivity index (χ1) is 16.8. The van der Waals surface area contributed by atoms with Gasteiger partial charge in [0.15, 0.2) is 23.5 Å². The second-order valence-electron chi connectivity index (χ2n) is 10.4. The Morgan fingerprint density at radius 3 is 2.63 bits per heavy atom. The highest BCUT2D eigenvalue weighted by Crippen LogP contribution is 2.57. The summed E-state index contributed by atoms with van der Waals surface area (Å²) in [6, 6.07) is 10.3. The van der Waals surface area contributed by atoms with Gasteiger partial charge in [0.25, 0.3) is 0 Å². The molecule has 0 bridgehead atoms. The van der Waals surface area contributed by atoms with Crippen molar-refractivity contribution in [1.29, 1.82) is 0 Å². The first kappa shape index (κ1) is 22.6. The van der Waals surface area contributed by atoms with Crippen LogP contribution in [0, 0.1) is 29.8 Å². The second kappa shape index (κ2) is 8.07. The number of nitrogens with zero attached hydrogens (tertiary/aromatic N) is 3. The van der Waals surface area contributed by atoms with Gasteiger partial charge in [-0.3, -0.25) is 0 Å². The van der Waals surface area contributed by atoms with Gasteiger partial charge in [-0.1, -0.05) is 26.0 Å². The van der Waals surface area contributed by atoms with Gasteiger partial charge < -0.3 is 14.7 Å². The van der Waals surface area contributed by atoms with Crippen LogP contribution in [0.3, 0.4) is 0 Å². The van der Waals surface area contributed by atoms with Crippen LogP contribution >= 0.6 is 0 Å². The fourth-order valence-corrected chi connectivity index (χ4v) is 6.69. The maximum absolute atomic E-state index is 15.0. The molecule has 1 aliphatic heterocycles. The third-order valence-corrected chi connectivity index (χ3v) is 8.63. The van der Waals surface area contributed by atoms with Crippen LogP contribution in [0.25, 0.3) is 22.6 Å². The Kier molecular flexibility index (Phi) is 5.20.